The normalized spacial score (nSPS) is 10.0. The van der Waals surface area contributed by atoms with Gasteiger partial charge in [-0.2, -0.15) is 0 Å². The summed E-state index contributed by atoms with van der Waals surface area (Å²) in [6.07, 6.45) is 0.923. The molecular weight excluding hydrogens is 277 g/mol. The molecule has 102 valence electrons. The van der Waals surface area contributed by atoms with E-state index in [4.69, 9.17) is 11.6 Å². The molecule has 0 spiro atoms. The fourth-order valence-electron chi connectivity index (χ4n) is 1.42. The maximum Gasteiger partial charge on any atom is 0.293 e. The van der Waals surface area contributed by atoms with Gasteiger partial charge in [-0.1, -0.05) is 11.6 Å². The van der Waals surface area contributed by atoms with Crippen molar-refractivity contribution >= 4 is 35.4 Å². The summed E-state index contributed by atoms with van der Waals surface area (Å²) in [5.74, 6) is 0. The van der Waals surface area contributed by atoms with E-state index in [1.165, 1.54) is 6.07 Å². The maximum absolute atomic E-state index is 10.8. The second-order valence-corrected chi connectivity index (χ2v) is 4.44. The van der Waals surface area contributed by atoms with Crippen molar-refractivity contribution in [2.75, 3.05) is 32.5 Å². The van der Waals surface area contributed by atoms with Gasteiger partial charge < -0.3 is 10.2 Å². The summed E-state index contributed by atoms with van der Waals surface area (Å²) in [7, 11) is 3.98. The zero-order valence-electron chi connectivity index (χ0n) is 10.4. The van der Waals surface area contributed by atoms with Crippen LogP contribution >= 0.6 is 24.0 Å². The van der Waals surface area contributed by atoms with Gasteiger partial charge in [0.25, 0.3) is 5.69 Å². The van der Waals surface area contributed by atoms with Crippen LogP contribution in [0.3, 0.4) is 0 Å². The molecule has 7 heteroatoms. The first kappa shape index (κ1) is 17.0. The van der Waals surface area contributed by atoms with E-state index in [0.717, 1.165) is 13.0 Å². The molecule has 1 rings (SSSR count). The topological polar surface area (TPSA) is 58.4 Å². The number of nitrogens with one attached hydrogen (secondary N) is 1. The molecular formula is C11H17Cl2N3O2. The van der Waals surface area contributed by atoms with Crippen molar-refractivity contribution in [3.05, 3.63) is 33.3 Å². The molecule has 1 aromatic carbocycles. The highest BCUT2D eigenvalue weighted by molar-refractivity contribution is 6.30. The lowest BCUT2D eigenvalue weighted by atomic mass is 10.2. The van der Waals surface area contributed by atoms with Crippen LogP contribution in [-0.2, 0) is 0 Å². The lowest BCUT2D eigenvalue weighted by molar-refractivity contribution is -0.383. The molecule has 0 atom stereocenters. The van der Waals surface area contributed by atoms with Gasteiger partial charge >= 0.3 is 0 Å². The molecule has 1 aromatic rings. The molecule has 5 nitrogen and oxygen atoms in total. The van der Waals surface area contributed by atoms with Crippen molar-refractivity contribution in [3.63, 3.8) is 0 Å². The molecule has 0 fully saturated rings. The van der Waals surface area contributed by atoms with E-state index in [9.17, 15) is 10.1 Å². The van der Waals surface area contributed by atoms with Gasteiger partial charge in [-0.3, -0.25) is 10.1 Å². The van der Waals surface area contributed by atoms with E-state index < -0.39 is 4.92 Å². The van der Waals surface area contributed by atoms with E-state index in [2.05, 4.69) is 10.2 Å². The molecule has 0 heterocycles. The summed E-state index contributed by atoms with van der Waals surface area (Å²) in [4.78, 5) is 12.5. The van der Waals surface area contributed by atoms with Gasteiger partial charge in [-0.25, -0.2) is 0 Å². The van der Waals surface area contributed by atoms with Crippen LogP contribution in [0.5, 0.6) is 0 Å². The van der Waals surface area contributed by atoms with Crippen LogP contribution in [0.1, 0.15) is 6.42 Å². The predicted octanol–water partition coefficient (Wildman–Crippen LogP) is 3.03. The van der Waals surface area contributed by atoms with Crippen molar-refractivity contribution in [1.29, 1.82) is 0 Å². The molecule has 0 aliphatic heterocycles. The minimum absolute atomic E-state index is 0. The predicted molar refractivity (Wildman–Crippen MR) is 77.0 cm³/mol. The Bertz CT molecular complexity index is 400. The van der Waals surface area contributed by atoms with Gasteiger partial charge in [0.05, 0.1) is 4.92 Å². The number of anilines is 1. The fourth-order valence-corrected chi connectivity index (χ4v) is 1.59. The number of nitrogens with zero attached hydrogens (tertiary/aromatic N) is 2. The van der Waals surface area contributed by atoms with E-state index in [-0.39, 0.29) is 18.1 Å². The Morgan fingerprint density at radius 2 is 2.11 bits per heavy atom. The average Bonchev–Trinajstić information content (AvgIpc) is 2.25. The van der Waals surface area contributed by atoms with E-state index in [1.54, 1.807) is 12.1 Å². The molecule has 0 saturated carbocycles. The number of benzene rings is 1. The third kappa shape index (κ3) is 5.53. The lowest BCUT2D eigenvalue weighted by Crippen LogP contribution is -2.16. The summed E-state index contributed by atoms with van der Waals surface area (Å²) < 4.78 is 0. The number of nitro benzene ring substituents is 1. The Kier molecular flexibility index (Phi) is 7.66. The molecule has 1 N–H and O–H groups in total. The summed E-state index contributed by atoms with van der Waals surface area (Å²) in [5.41, 5.74) is 0.528. The third-order valence-electron chi connectivity index (χ3n) is 2.25. The van der Waals surface area contributed by atoms with Gasteiger partial charge in [-0.05, 0) is 39.2 Å². The number of nitro groups is 1. The minimum Gasteiger partial charge on any atom is -0.379 e. The smallest absolute Gasteiger partial charge is 0.293 e. The average molecular weight is 294 g/mol. The highest BCUT2D eigenvalue weighted by atomic mass is 35.5. The van der Waals surface area contributed by atoms with Crippen molar-refractivity contribution < 1.29 is 4.92 Å². The summed E-state index contributed by atoms with van der Waals surface area (Å²) >= 11 is 5.72. The summed E-state index contributed by atoms with van der Waals surface area (Å²) in [5, 5.41) is 14.2. The Labute approximate surface area is 118 Å². The highest BCUT2D eigenvalue weighted by Crippen LogP contribution is 2.27. The van der Waals surface area contributed by atoms with Crippen LogP contribution < -0.4 is 5.32 Å². The molecule has 0 saturated heterocycles. The monoisotopic (exact) mass is 293 g/mol. The molecule has 0 bridgehead atoms. The second-order valence-electron chi connectivity index (χ2n) is 4.00. The molecule has 0 aliphatic carbocycles. The van der Waals surface area contributed by atoms with Crippen molar-refractivity contribution in [2.24, 2.45) is 0 Å². The largest absolute Gasteiger partial charge is 0.379 e. The molecule has 0 aromatic heterocycles. The molecule has 0 aliphatic rings. The number of hydrogen-bond donors (Lipinski definition) is 1. The Morgan fingerprint density at radius 1 is 1.44 bits per heavy atom. The standard InChI is InChI=1S/C11H16ClN3O2.ClH/c1-14(2)7-3-6-13-10-5-4-9(12)8-11(10)15(16)17;/h4-5,8,13H,3,6-7H2,1-2H3;1H. The Hall–Kier alpha value is -1.04. The first-order chi connectivity index (χ1) is 8.00. The quantitative estimate of drug-likeness (QED) is 0.498. The highest BCUT2D eigenvalue weighted by Gasteiger charge is 2.13. The van der Waals surface area contributed by atoms with E-state index in [0.29, 0.717) is 17.3 Å². The number of halogens is 2. The zero-order chi connectivity index (χ0) is 12.8. The van der Waals surface area contributed by atoms with Crippen LogP contribution in [0.25, 0.3) is 0 Å². The Balaban J connectivity index is 0.00000289. The molecule has 0 unspecified atom stereocenters. The van der Waals surface area contributed by atoms with Crippen LogP contribution in [0.4, 0.5) is 11.4 Å². The Morgan fingerprint density at radius 3 is 2.67 bits per heavy atom. The molecule has 0 radical (unpaired) electrons. The van der Waals surface area contributed by atoms with Crippen LogP contribution in [0, 0.1) is 10.1 Å². The fraction of sp³-hybridized carbons (Fsp3) is 0.455. The zero-order valence-corrected chi connectivity index (χ0v) is 11.9. The summed E-state index contributed by atoms with van der Waals surface area (Å²) in [6, 6.07) is 4.63. The van der Waals surface area contributed by atoms with Crippen LogP contribution in [-0.4, -0.2) is 37.0 Å². The SMILES string of the molecule is CN(C)CCCNc1ccc(Cl)cc1[N+](=O)[O-].Cl. The van der Waals surface area contributed by atoms with Crippen LogP contribution in [0.15, 0.2) is 18.2 Å². The lowest BCUT2D eigenvalue weighted by Gasteiger charge is -2.10. The number of hydrogen-bond acceptors (Lipinski definition) is 4. The van der Waals surface area contributed by atoms with Crippen molar-refractivity contribution in [3.8, 4) is 0 Å². The van der Waals surface area contributed by atoms with Gasteiger partial charge in [0, 0.05) is 17.6 Å². The third-order valence-corrected chi connectivity index (χ3v) is 2.49. The second kappa shape index (κ2) is 8.13. The van der Waals surface area contributed by atoms with Crippen LogP contribution in [0.2, 0.25) is 5.02 Å². The maximum atomic E-state index is 10.8. The molecule has 18 heavy (non-hydrogen) atoms. The molecule has 0 amide bonds. The first-order valence-electron chi connectivity index (χ1n) is 5.33. The number of rotatable bonds is 6. The van der Waals surface area contributed by atoms with Crippen molar-refractivity contribution in [1.82, 2.24) is 4.90 Å². The minimum atomic E-state index is -0.430. The van der Waals surface area contributed by atoms with Gasteiger partial charge in [0.2, 0.25) is 0 Å². The summed E-state index contributed by atoms with van der Waals surface area (Å²) in [6.45, 7) is 1.63. The van der Waals surface area contributed by atoms with Gasteiger partial charge in [-0.15, -0.1) is 12.4 Å². The first-order valence-corrected chi connectivity index (χ1v) is 5.71. The van der Waals surface area contributed by atoms with Gasteiger partial charge in [0.15, 0.2) is 0 Å². The van der Waals surface area contributed by atoms with Crippen molar-refractivity contribution in [2.45, 2.75) is 6.42 Å². The van der Waals surface area contributed by atoms with E-state index in [1.807, 2.05) is 14.1 Å². The van der Waals surface area contributed by atoms with E-state index >= 15 is 0 Å². The van der Waals surface area contributed by atoms with Gasteiger partial charge in [0.1, 0.15) is 5.69 Å².